The van der Waals surface area contributed by atoms with Crippen LogP contribution in [0.1, 0.15) is 6.42 Å². The van der Waals surface area contributed by atoms with Crippen molar-refractivity contribution < 1.29 is 14.4 Å². The SMILES string of the molecule is CN1CCCN(c2ccc(N3CC=NC(C(=O)Nc4ccc(Cl)nc4)=C3C(N)=O)cc2)C1=O. The summed E-state index contributed by atoms with van der Waals surface area (Å²) in [5.74, 6) is -1.39. The van der Waals surface area contributed by atoms with Gasteiger partial charge in [0.2, 0.25) is 0 Å². The third-order valence-electron chi connectivity index (χ3n) is 5.32. The Morgan fingerprint density at radius 2 is 1.76 bits per heavy atom. The largest absolute Gasteiger partial charge is 0.364 e. The molecule has 0 aliphatic carbocycles. The van der Waals surface area contributed by atoms with Crippen LogP contribution in [0.15, 0.2) is 59.0 Å². The van der Waals surface area contributed by atoms with Crippen LogP contribution in [0.2, 0.25) is 5.15 Å². The lowest BCUT2D eigenvalue weighted by Crippen LogP contribution is -2.47. The number of carbonyl (C=O) groups is 3. The van der Waals surface area contributed by atoms with Gasteiger partial charge in [-0.2, -0.15) is 0 Å². The minimum absolute atomic E-state index is 0.0292. The molecule has 0 unspecified atom stereocenters. The summed E-state index contributed by atoms with van der Waals surface area (Å²) in [5, 5.41) is 2.93. The molecule has 11 heteroatoms. The zero-order valence-corrected chi connectivity index (χ0v) is 18.6. The molecule has 4 rings (SSSR count). The molecule has 10 nitrogen and oxygen atoms in total. The van der Waals surface area contributed by atoms with Crippen molar-refractivity contribution in [3.8, 4) is 0 Å². The first-order valence-corrected chi connectivity index (χ1v) is 10.6. The molecule has 2 aliphatic rings. The second kappa shape index (κ2) is 9.29. The lowest BCUT2D eigenvalue weighted by Gasteiger charge is -2.34. The number of aromatic nitrogens is 1. The monoisotopic (exact) mass is 467 g/mol. The van der Waals surface area contributed by atoms with Gasteiger partial charge in [-0.3, -0.25) is 19.5 Å². The summed E-state index contributed by atoms with van der Waals surface area (Å²) in [7, 11) is 1.77. The van der Waals surface area contributed by atoms with E-state index in [1.165, 1.54) is 18.5 Å². The summed E-state index contributed by atoms with van der Waals surface area (Å²) >= 11 is 5.78. The standard InChI is InChI=1S/C22H22ClN7O3/c1-28-10-2-11-30(22(28)33)16-6-4-15(5-7-16)29-12-9-25-18(19(29)20(24)31)21(32)27-14-3-8-17(23)26-13-14/h3-9,13H,2,10-12H2,1H3,(H2,24,31)(H,27,32). The predicted molar refractivity (Wildman–Crippen MR) is 126 cm³/mol. The number of aliphatic imine (C=N–C) groups is 1. The minimum atomic E-state index is -0.789. The molecule has 1 aromatic carbocycles. The molecule has 0 spiro atoms. The van der Waals surface area contributed by atoms with Gasteiger partial charge < -0.3 is 20.9 Å². The van der Waals surface area contributed by atoms with Gasteiger partial charge in [-0.25, -0.2) is 9.78 Å². The number of hydrogen-bond donors (Lipinski definition) is 2. The second-order valence-electron chi connectivity index (χ2n) is 7.53. The number of rotatable bonds is 5. The molecule has 2 aliphatic heterocycles. The number of halogens is 1. The number of anilines is 3. The Hall–Kier alpha value is -3.92. The summed E-state index contributed by atoms with van der Waals surface area (Å²) in [6.07, 6.45) is 3.80. The Bertz CT molecular complexity index is 1150. The molecule has 1 saturated heterocycles. The van der Waals surface area contributed by atoms with E-state index in [0.717, 1.165) is 18.7 Å². The van der Waals surface area contributed by atoms with Crippen LogP contribution in [-0.4, -0.2) is 60.6 Å². The van der Waals surface area contributed by atoms with E-state index >= 15 is 0 Å². The van der Waals surface area contributed by atoms with Gasteiger partial charge in [0.15, 0.2) is 5.70 Å². The molecule has 1 fully saturated rings. The van der Waals surface area contributed by atoms with Crippen LogP contribution in [0.4, 0.5) is 21.9 Å². The van der Waals surface area contributed by atoms with E-state index < -0.39 is 11.8 Å². The van der Waals surface area contributed by atoms with Crippen molar-refractivity contribution in [1.29, 1.82) is 0 Å². The molecule has 33 heavy (non-hydrogen) atoms. The first kappa shape index (κ1) is 22.3. The van der Waals surface area contributed by atoms with Gasteiger partial charge in [0.25, 0.3) is 11.8 Å². The average molecular weight is 468 g/mol. The van der Waals surface area contributed by atoms with Crippen LogP contribution < -0.4 is 20.9 Å². The topological polar surface area (TPSA) is 124 Å². The fraction of sp³-hybridized carbons (Fsp3) is 0.227. The number of primary amides is 1. The van der Waals surface area contributed by atoms with Gasteiger partial charge in [0.1, 0.15) is 10.9 Å². The van der Waals surface area contributed by atoms with Crippen molar-refractivity contribution in [2.75, 3.05) is 41.8 Å². The van der Waals surface area contributed by atoms with Gasteiger partial charge in [-0.05, 0) is 42.8 Å². The van der Waals surface area contributed by atoms with Crippen LogP contribution >= 0.6 is 11.6 Å². The normalized spacial score (nSPS) is 16.3. The molecule has 0 bridgehead atoms. The zero-order chi connectivity index (χ0) is 23.5. The van der Waals surface area contributed by atoms with E-state index in [1.54, 1.807) is 52.1 Å². The Kier molecular flexibility index (Phi) is 6.27. The maximum Gasteiger partial charge on any atom is 0.324 e. The molecule has 0 saturated carbocycles. The molecule has 3 N–H and O–H groups in total. The fourth-order valence-corrected chi connectivity index (χ4v) is 3.81. The Balaban J connectivity index is 1.60. The maximum absolute atomic E-state index is 12.8. The Morgan fingerprint density at radius 3 is 2.39 bits per heavy atom. The fourth-order valence-electron chi connectivity index (χ4n) is 3.70. The summed E-state index contributed by atoms with van der Waals surface area (Å²) in [6.45, 7) is 1.61. The number of amides is 4. The molecule has 170 valence electrons. The minimum Gasteiger partial charge on any atom is -0.364 e. The average Bonchev–Trinajstić information content (AvgIpc) is 2.82. The highest BCUT2D eigenvalue weighted by molar-refractivity contribution is 6.29. The van der Waals surface area contributed by atoms with Crippen LogP contribution in [0.5, 0.6) is 0 Å². The smallest absolute Gasteiger partial charge is 0.324 e. The van der Waals surface area contributed by atoms with Gasteiger partial charge in [0.05, 0.1) is 18.4 Å². The summed E-state index contributed by atoms with van der Waals surface area (Å²) in [4.78, 5) is 50.6. The van der Waals surface area contributed by atoms with Crippen molar-refractivity contribution in [3.63, 3.8) is 0 Å². The van der Waals surface area contributed by atoms with E-state index in [0.29, 0.717) is 17.9 Å². The number of pyridine rings is 1. The molecule has 0 atom stereocenters. The highest BCUT2D eigenvalue weighted by Crippen LogP contribution is 2.28. The van der Waals surface area contributed by atoms with E-state index in [4.69, 9.17) is 17.3 Å². The van der Waals surface area contributed by atoms with Gasteiger partial charge in [-0.15, -0.1) is 0 Å². The van der Waals surface area contributed by atoms with Gasteiger partial charge in [-0.1, -0.05) is 11.6 Å². The molecule has 4 amide bonds. The predicted octanol–water partition coefficient (Wildman–Crippen LogP) is 2.22. The van der Waals surface area contributed by atoms with Crippen molar-refractivity contribution in [2.24, 2.45) is 10.7 Å². The summed E-state index contributed by atoms with van der Waals surface area (Å²) in [5.41, 5.74) is 7.28. The van der Waals surface area contributed by atoms with E-state index in [1.807, 2.05) is 0 Å². The first-order valence-electron chi connectivity index (χ1n) is 10.2. The Morgan fingerprint density at radius 1 is 1.06 bits per heavy atom. The number of nitrogens with two attached hydrogens (primary N) is 1. The van der Waals surface area contributed by atoms with E-state index in [2.05, 4.69) is 15.3 Å². The number of hydrogen-bond acceptors (Lipinski definition) is 6. The lowest BCUT2D eigenvalue weighted by atomic mass is 10.1. The third kappa shape index (κ3) is 4.65. The highest BCUT2D eigenvalue weighted by Gasteiger charge is 2.29. The maximum atomic E-state index is 12.8. The molecular formula is C22H22ClN7O3. The van der Waals surface area contributed by atoms with E-state index in [9.17, 15) is 14.4 Å². The molecule has 0 radical (unpaired) electrons. The number of carbonyl (C=O) groups excluding carboxylic acids is 3. The number of nitrogens with zero attached hydrogens (tertiary/aromatic N) is 5. The zero-order valence-electron chi connectivity index (χ0n) is 17.9. The van der Waals surface area contributed by atoms with Gasteiger partial charge >= 0.3 is 6.03 Å². The number of urea groups is 1. The first-order chi connectivity index (χ1) is 15.8. The van der Waals surface area contributed by atoms with Crippen LogP contribution in [0, 0.1) is 0 Å². The van der Waals surface area contributed by atoms with Crippen molar-refractivity contribution >= 4 is 52.7 Å². The van der Waals surface area contributed by atoms with Crippen molar-refractivity contribution in [2.45, 2.75) is 6.42 Å². The van der Waals surface area contributed by atoms with E-state index in [-0.39, 0.29) is 29.1 Å². The molecule has 2 aromatic rings. The highest BCUT2D eigenvalue weighted by atomic mass is 35.5. The summed E-state index contributed by atoms with van der Waals surface area (Å²) in [6, 6.07) is 10.2. The third-order valence-corrected chi connectivity index (χ3v) is 5.54. The Labute approximate surface area is 195 Å². The van der Waals surface area contributed by atoms with Gasteiger partial charge in [0, 0.05) is 37.7 Å². The molecule has 3 heterocycles. The second-order valence-corrected chi connectivity index (χ2v) is 7.92. The lowest BCUT2D eigenvalue weighted by molar-refractivity contribution is -0.116. The van der Waals surface area contributed by atoms with Crippen LogP contribution in [0.3, 0.4) is 0 Å². The molecular weight excluding hydrogens is 446 g/mol. The number of benzene rings is 1. The van der Waals surface area contributed by atoms with Crippen molar-refractivity contribution in [3.05, 3.63) is 59.1 Å². The number of nitrogens with one attached hydrogen (secondary N) is 1. The van der Waals surface area contributed by atoms with Crippen LogP contribution in [-0.2, 0) is 9.59 Å². The van der Waals surface area contributed by atoms with Crippen molar-refractivity contribution in [1.82, 2.24) is 9.88 Å². The van der Waals surface area contributed by atoms with Crippen LogP contribution in [0.25, 0.3) is 0 Å². The molecule has 1 aromatic heterocycles. The summed E-state index contributed by atoms with van der Waals surface area (Å²) < 4.78 is 0. The quantitative estimate of drug-likeness (QED) is 0.652.